The van der Waals surface area contributed by atoms with Gasteiger partial charge in [-0.1, -0.05) is 38.1 Å². The van der Waals surface area contributed by atoms with Gasteiger partial charge in [0.2, 0.25) is 0 Å². The van der Waals surface area contributed by atoms with Crippen LogP contribution in [0.2, 0.25) is 0 Å². The first-order valence-corrected chi connectivity index (χ1v) is 8.89. The van der Waals surface area contributed by atoms with E-state index in [1.54, 1.807) is 12.1 Å². The van der Waals surface area contributed by atoms with E-state index in [1.165, 1.54) is 11.1 Å². The Hall–Kier alpha value is -2.04. The van der Waals surface area contributed by atoms with Gasteiger partial charge < -0.3 is 20.1 Å². The standard InChI is InChI=1S/C21H28O4/c1-3-20(15-5-9-17(23)10-6-15)21(4-2)16-7-11-19(12-8-16)25-14-18(24)13-22/h5-12,18,20-24H,3-4,13-14H2,1-2H3/t18?,20-,21+/m1/s1. The minimum absolute atomic E-state index is 0.0815. The molecular formula is C21H28O4. The molecule has 4 heteroatoms. The number of rotatable bonds is 9. The van der Waals surface area contributed by atoms with E-state index in [0.717, 1.165) is 12.8 Å². The lowest BCUT2D eigenvalue weighted by Crippen LogP contribution is -2.21. The van der Waals surface area contributed by atoms with Crippen LogP contribution in [-0.4, -0.2) is 34.6 Å². The van der Waals surface area contributed by atoms with Crippen LogP contribution < -0.4 is 4.74 Å². The van der Waals surface area contributed by atoms with Crippen molar-refractivity contribution in [2.45, 2.75) is 44.6 Å². The molecule has 0 amide bonds. The lowest BCUT2D eigenvalue weighted by Gasteiger charge is -2.26. The Bertz CT molecular complexity index is 621. The van der Waals surface area contributed by atoms with Crippen molar-refractivity contribution in [2.24, 2.45) is 0 Å². The number of aromatic hydroxyl groups is 1. The van der Waals surface area contributed by atoms with Crippen molar-refractivity contribution in [3.8, 4) is 11.5 Å². The van der Waals surface area contributed by atoms with Crippen LogP contribution in [0.4, 0.5) is 0 Å². The van der Waals surface area contributed by atoms with E-state index in [0.29, 0.717) is 23.3 Å². The molecule has 3 atom stereocenters. The third-order valence-electron chi connectivity index (χ3n) is 4.65. The lowest BCUT2D eigenvalue weighted by atomic mass is 9.78. The number of aliphatic hydroxyl groups excluding tert-OH is 2. The molecule has 0 saturated heterocycles. The highest BCUT2D eigenvalue weighted by Crippen LogP contribution is 2.38. The van der Waals surface area contributed by atoms with Crippen molar-refractivity contribution in [1.82, 2.24) is 0 Å². The summed E-state index contributed by atoms with van der Waals surface area (Å²) in [6.45, 7) is 4.16. The van der Waals surface area contributed by atoms with Gasteiger partial charge in [-0.2, -0.15) is 0 Å². The molecular weight excluding hydrogens is 316 g/mol. The number of hydrogen-bond acceptors (Lipinski definition) is 4. The van der Waals surface area contributed by atoms with E-state index in [9.17, 15) is 10.2 Å². The summed E-state index contributed by atoms with van der Waals surface area (Å²) >= 11 is 0. The van der Waals surface area contributed by atoms with Crippen molar-refractivity contribution in [2.75, 3.05) is 13.2 Å². The van der Waals surface area contributed by atoms with Crippen molar-refractivity contribution < 1.29 is 20.1 Å². The second kappa shape index (κ2) is 9.44. The Morgan fingerprint density at radius 2 is 1.32 bits per heavy atom. The smallest absolute Gasteiger partial charge is 0.119 e. The molecule has 2 rings (SSSR count). The molecule has 136 valence electrons. The van der Waals surface area contributed by atoms with Crippen LogP contribution in [0.25, 0.3) is 0 Å². The zero-order valence-corrected chi connectivity index (χ0v) is 14.9. The molecule has 0 spiro atoms. The van der Waals surface area contributed by atoms with Crippen LogP contribution in [0, 0.1) is 0 Å². The molecule has 1 unspecified atom stereocenters. The molecule has 0 radical (unpaired) electrons. The molecule has 0 fully saturated rings. The van der Waals surface area contributed by atoms with Crippen LogP contribution in [0.3, 0.4) is 0 Å². The Morgan fingerprint density at radius 3 is 1.76 bits per heavy atom. The third-order valence-corrected chi connectivity index (χ3v) is 4.65. The van der Waals surface area contributed by atoms with Gasteiger partial charge in [0.05, 0.1) is 6.61 Å². The second-order valence-corrected chi connectivity index (χ2v) is 6.34. The molecule has 0 aliphatic rings. The van der Waals surface area contributed by atoms with Gasteiger partial charge in [0.1, 0.15) is 24.2 Å². The first-order chi connectivity index (χ1) is 12.1. The fourth-order valence-corrected chi connectivity index (χ4v) is 3.28. The van der Waals surface area contributed by atoms with Crippen LogP contribution in [0.1, 0.15) is 49.7 Å². The van der Waals surface area contributed by atoms with Gasteiger partial charge in [-0.25, -0.2) is 0 Å². The van der Waals surface area contributed by atoms with Gasteiger partial charge in [-0.05, 0) is 60.1 Å². The van der Waals surface area contributed by atoms with E-state index in [4.69, 9.17) is 9.84 Å². The highest BCUT2D eigenvalue weighted by molar-refractivity contribution is 5.34. The zero-order valence-electron chi connectivity index (χ0n) is 14.9. The molecule has 0 aliphatic carbocycles. The molecule has 2 aromatic carbocycles. The van der Waals surface area contributed by atoms with Crippen LogP contribution in [-0.2, 0) is 0 Å². The average molecular weight is 344 g/mol. The summed E-state index contributed by atoms with van der Waals surface area (Å²) in [5.41, 5.74) is 2.48. The van der Waals surface area contributed by atoms with E-state index >= 15 is 0 Å². The fraction of sp³-hybridized carbons (Fsp3) is 0.429. The molecule has 0 aromatic heterocycles. The van der Waals surface area contributed by atoms with E-state index in [2.05, 4.69) is 26.0 Å². The molecule has 0 saturated carbocycles. The Labute approximate surface area is 149 Å². The van der Waals surface area contributed by atoms with Gasteiger partial charge in [0.15, 0.2) is 0 Å². The van der Waals surface area contributed by atoms with E-state index in [1.807, 2.05) is 24.3 Å². The summed E-state index contributed by atoms with van der Waals surface area (Å²) in [6.07, 6.45) is 1.18. The van der Waals surface area contributed by atoms with Gasteiger partial charge in [-0.15, -0.1) is 0 Å². The lowest BCUT2D eigenvalue weighted by molar-refractivity contribution is 0.0536. The van der Waals surface area contributed by atoms with Crippen LogP contribution in [0.15, 0.2) is 48.5 Å². The number of hydrogen-bond donors (Lipinski definition) is 3. The quantitative estimate of drug-likeness (QED) is 0.647. The average Bonchev–Trinajstić information content (AvgIpc) is 2.65. The summed E-state index contributed by atoms with van der Waals surface area (Å²) < 4.78 is 5.47. The van der Waals surface area contributed by atoms with Gasteiger partial charge in [0.25, 0.3) is 0 Å². The second-order valence-electron chi connectivity index (χ2n) is 6.34. The Morgan fingerprint density at radius 1 is 0.840 bits per heavy atom. The maximum atomic E-state index is 9.51. The Kier molecular flexibility index (Phi) is 7.29. The van der Waals surface area contributed by atoms with Crippen molar-refractivity contribution in [1.29, 1.82) is 0 Å². The largest absolute Gasteiger partial charge is 0.508 e. The third kappa shape index (κ3) is 5.21. The monoisotopic (exact) mass is 344 g/mol. The summed E-state index contributed by atoms with van der Waals surface area (Å²) in [4.78, 5) is 0. The van der Waals surface area contributed by atoms with Gasteiger partial charge in [-0.3, -0.25) is 0 Å². The van der Waals surface area contributed by atoms with Crippen LogP contribution >= 0.6 is 0 Å². The zero-order chi connectivity index (χ0) is 18.2. The number of phenols is 1. The minimum Gasteiger partial charge on any atom is -0.508 e. The molecule has 0 aliphatic heterocycles. The summed E-state index contributed by atoms with van der Waals surface area (Å²) in [7, 11) is 0. The van der Waals surface area contributed by atoms with Crippen molar-refractivity contribution in [3.05, 3.63) is 59.7 Å². The predicted molar refractivity (Wildman–Crippen MR) is 99.2 cm³/mol. The SMILES string of the molecule is CC[C@H](c1ccc(O)cc1)[C@@H](CC)c1ccc(OCC(O)CO)cc1. The van der Waals surface area contributed by atoms with Crippen molar-refractivity contribution >= 4 is 0 Å². The van der Waals surface area contributed by atoms with Gasteiger partial charge in [0, 0.05) is 0 Å². The number of benzene rings is 2. The molecule has 3 N–H and O–H groups in total. The molecule has 0 heterocycles. The fourth-order valence-electron chi connectivity index (χ4n) is 3.28. The van der Waals surface area contributed by atoms with E-state index in [-0.39, 0.29) is 13.2 Å². The molecule has 4 nitrogen and oxygen atoms in total. The number of aliphatic hydroxyl groups is 2. The van der Waals surface area contributed by atoms with Gasteiger partial charge >= 0.3 is 0 Å². The van der Waals surface area contributed by atoms with Crippen molar-refractivity contribution in [3.63, 3.8) is 0 Å². The minimum atomic E-state index is -0.859. The Balaban J connectivity index is 2.14. The predicted octanol–water partition coefficient (Wildman–Crippen LogP) is 3.81. The normalized spacial score (nSPS) is 14.7. The first kappa shape index (κ1) is 19.3. The number of phenolic OH excluding ortho intramolecular Hbond substituents is 1. The first-order valence-electron chi connectivity index (χ1n) is 8.89. The highest BCUT2D eigenvalue weighted by Gasteiger charge is 2.22. The maximum absolute atomic E-state index is 9.51. The van der Waals surface area contributed by atoms with E-state index < -0.39 is 6.10 Å². The summed E-state index contributed by atoms with van der Waals surface area (Å²) in [6, 6.07) is 15.4. The summed E-state index contributed by atoms with van der Waals surface area (Å²) in [5.74, 6) is 1.74. The molecule has 0 bridgehead atoms. The van der Waals surface area contributed by atoms with Crippen LogP contribution in [0.5, 0.6) is 11.5 Å². The molecule has 2 aromatic rings. The summed E-state index contributed by atoms with van der Waals surface area (Å²) in [5, 5.41) is 27.7. The topological polar surface area (TPSA) is 69.9 Å². The highest BCUT2D eigenvalue weighted by atomic mass is 16.5. The molecule has 25 heavy (non-hydrogen) atoms. The number of ether oxygens (including phenoxy) is 1. The maximum Gasteiger partial charge on any atom is 0.119 e.